The van der Waals surface area contributed by atoms with E-state index >= 15 is 0 Å². The number of hydrogen-bond acceptors (Lipinski definition) is 7. The molecule has 1 unspecified atom stereocenters. The van der Waals surface area contributed by atoms with E-state index < -0.39 is 5.97 Å². The first-order valence-corrected chi connectivity index (χ1v) is 19.2. The van der Waals surface area contributed by atoms with Gasteiger partial charge in [0, 0.05) is 13.0 Å². The molecule has 2 N–H and O–H groups in total. The maximum absolute atomic E-state index is 12.6. The van der Waals surface area contributed by atoms with Gasteiger partial charge in [0.25, 0.3) is 0 Å². The average molecular weight is 678 g/mol. The first kappa shape index (κ1) is 39.1. The van der Waals surface area contributed by atoms with Gasteiger partial charge in [0.05, 0.1) is 59.3 Å². The predicted octanol–water partition coefficient (Wildman–Crippen LogP) is 7.66. The lowest BCUT2D eigenvalue weighted by molar-refractivity contribution is -0.138. The van der Waals surface area contributed by atoms with E-state index in [9.17, 15) is 9.59 Å². The number of carboxylic acids is 1. The molecule has 0 bridgehead atoms. The number of aliphatic carboxylic acids is 1. The number of nitrogens with one attached hydrogen (secondary N) is 1. The molecule has 0 saturated heterocycles. The topological polar surface area (TPSA) is 113 Å². The van der Waals surface area contributed by atoms with Gasteiger partial charge in [-0.05, 0) is 91.3 Å². The smallest absolute Gasteiger partial charge is 0.407 e. The van der Waals surface area contributed by atoms with Crippen molar-refractivity contribution in [1.82, 2.24) is 5.32 Å². The van der Waals surface area contributed by atoms with Crippen molar-refractivity contribution >= 4 is 12.1 Å². The average Bonchev–Trinajstić information content (AvgIpc) is 3.40. The number of rotatable bonds is 21. The van der Waals surface area contributed by atoms with Crippen molar-refractivity contribution in [2.45, 2.75) is 118 Å². The third-order valence-electron chi connectivity index (χ3n) is 12.6. The third kappa shape index (κ3) is 10.7. The van der Waals surface area contributed by atoms with Gasteiger partial charge in [0.2, 0.25) is 0 Å². The number of hydrogen-bond donors (Lipinski definition) is 2. The molecule has 4 rings (SSSR count). The summed E-state index contributed by atoms with van der Waals surface area (Å²) in [6.45, 7) is 16.0. The first-order chi connectivity index (χ1) is 23.0. The number of fused-ring (bicyclic) bond motifs is 5. The Hall–Kier alpha value is -1.68. The molecule has 0 radical (unpaired) electrons. The van der Waals surface area contributed by atoms with Gasteiger partial charge in [-0.1, -0.05) is 65.5 Å². The third-order valence-corrected chi connectivity index (χ3v) is 12.6. The monoisotopic (exact) mass is 677 g/mol. The van der Waals surface area contributed by atoms with E-state index in [4.69, 9.17) is 28.8 Å². The van der Waals surface area contributed by atoms with E-state index in [1.807, 2.05) is 0 Å². The molecule has 9 nitrogen and oxygen atoms in total. The Labute approximate surface area is 290 Å². The van der Waals surface area contributed by atoms with Crippen LogP contribution in [0.1, 0.15) is 112 Å². The minimum Gasteiger partial charge on any atom is -0.481 e. The number of amides is 1. The zero-order valence-electron chi connectivity index (χ0n) is 30.8. The minimum atomic E-state index is -0.871. The van der Waals surface area contributed by atoms with Crippen LogP contribution < -0.4 is 5.32 Å². The molecule has 3 fully saturated rings. The summed E-state index contributed by atoms with van der Waals surface area (Å²) < 4.78 is 27.5. The molecule has 0 spiro atoms. The number of allylic oxidation sites excluding steroid dienone is 1. The van der Waals surface area contributed by atoms with Gasteiger partial charge >= 0.3 is 12.1 Å². The molecule has 48 heavy (non-hydrogen) atoms. The van der Waals surface area contributed by atoms with Gasteiger partial charge in [-0.2, -0.15) is 0 Å². The summed E-state index contributed by atoms with van der Waals surface area (Å²) in [4.78, 5) is 23.0. The highest BCUT2D eigenvalue weighted by atomic mass is 16.6. The molecule has 3 saturated carbocycles. The normalized spacial score (nSPS) is 31.8. The van der Waals surface area contributed by atoms with Crippen LogP contribution in [0.3, 0.4) is 0 Å². The quantitative estimate of drug-likeness (QED) is 0.0941. The van der Waals surface area contributed by atoms with Crippen molar-refractivity contribution in [3.63, 3.8) is 0 Å². The van der Waals surface area contributed by atoms with Crippen molar-refractivity contribution in [2.75, 3.05) is 59.4 Å². The van der Waals surface area contributed by atoms with Crippen LogP contribution in [0.2, 0.25) is 0 Å². The molecule has 276 valence electrons. The van der Waals surface area contributed by atoms with Crippen molar-refractivity contribution < 1.29 is 38.4 Å². The summed E-state index contributed by atoms with van der Waals surface area (Å²) in [5.74, 6) is 4.11. The number of alkyl carbamates (subject to hydrolysis) is 1. The van der Waals surface area contributed by atoms with Crippen LogP contribution in [0.25, 0.3) is 0 Å². The molecular formula is C39H67NO8. The molecular weight excluding hydrogens is 610 g/mol. The Bertz CT molecular complexity index is 1030. The van der Waals surface area contributed by atoms with E-state index in [2.05, 4.69) is 46.0 Å². The zero-order chi connectivity index (χ0) is 34.6. The fourth-order valence-electron chi connectivity index (χ4n) is 10.1. The van der Waals surface area contributed by atoms with Crippen LogP contribution in [-0.4, -0.2) is 82.7 Å². The van der Waals surface area contributed by atoms with Crippen molar-refractivity contribution in [1.29, 1.82) is 0 Å². The van der Waals surface area contributed by atoms with E-state index in [0.29, 0.717) is 58.2 Å². The van der Waals surface area contributed by atoms with Gasteiger partial charge in [0.1, 0.15) is 6.10 Å². The minimum absolute atomic E-state index is 0.00204. The van der Waals surface area contributed by atoms with E-state index in [0.717, 1.165) is 54.8 Å². The fraction of sp³-hybridized carbons (Fsp3) is 0.897. The molecule has 1 amide bonds. The fourth-order valence-corrected chi connectivity index (χ4v) is 10.1. The molecule has 8 atom stereocenters. The SMILES string of the molecule is CC(C)CCC[C@@H](C)C1CC[C@H]2[C@@H]3CC=C4C[C@@H](OC(=O)NCCOCCOCCOCCOCCC(=O)O)CC[C@]4(C)[C@H]3CC[C@]12C. The second kappa shape index (κ2) is 19.1. The van der Waals surface area contributed by atoms with Crippen LogP contribution in [0.15, 0.2) is 11.6 Å². The highest BCUT2D eigenvalue weighted by Gasteiger charge is 2.59. The lowest BCUT2D eigenvalue weighted by Gasteiger charge is -2.58. The summed E-state index contributed by atoms with van der Waals surface area (Å²) in [6.07, 6.45) is 16.0. The van der Waals surface area contributed by atoms with Gasteiger partial charge < -0.3 is 34.1 Å². The molecule has 0 aromatic rings. The summed E-state index contributed by atoms with van der Waals surface area (Å²) in [5.41, 5.74) is 2.31. The van der Waals surface area contributed by atoms with Gasteiger partial charge in [-0.15, -0.1) is 0 Å². The highest BCUT2D eigenvalue weighted by Crippen LogP contribution is 2.67. The Morgan fingerprint density at radius 3 is 2.19 bits per heavy atom. The van der Waals surface area contributed by atoms with Crippen LogP contribution in [0, 0.1) is 46.3 Å². The van der Waals surface area contributed by atoms with E-state index in [1.54, 1.807) is 5.57 Å². The molecule has 0 aromatic carbocycles. The lowest BCUT2D eigenvalue weighted by atomic mass is 9.47. The second-order valence-electron chi connectivity index (χ2n) is 16.1. The van der Waals surface area contributed by atoms with Crippen LogP contribution in [-0.2, 0) is 28.5 Å². The van der Waals surface area contributed by atoms with E-state index in [1.165, 1.54) is 51.4 Å². The predicted molar refractivity (Wildman–Crippen MR) is 187 cm³/mol. The largest absolute Gasteiger partial charge is 0.481 e. The van der Waals surface area contributed by atoms with Gasteiger partial charge in [-0.25, -0.2) is 4.79 Å². The molecule has 4 aliphatic rings. The summed E-state index contributed by atoms with van der Waals surface area (Å²) in [6, 6.07) is 0. The zero-order valence-corrected chi connectivity index (χ0v) is 30.8. The van der Waals surface area contributed by atoms with Gasteiger partial charge in [-0.3, -0.25) is 4.79 Å². The Balaban J connectivity index is 1.09. The second-order valence-corrected chi connectivity index (χ2v) is 16.1. The molecule has 0 aliphatic heterocycles. The molecule has 0 heterocycles. The summed E-state index contributed by atoms with van der Waals surface area (Å²) in [5, 5.41) is 11.4. The summed E-state index contributed by atoms with van der Waals surface area (Å²) in [7, 11) is 0. The Morgan fingerprint density at radius 1 is 0.854 bits per heavy atom. The Morgan fingerprint density at radius 2 is 1.52 bits per heavy atom. The standard InChI is InChI=1S/C39H67NO8/c1-28(2)7-6-8-29(3)33-11-12-34-32-10-9-30-27-31(13-16-38(30,4)35(32)14-17-39(33,34)5)48-37(43)40-18-20-45-22-24-47-26-25-46-23-21-44-19-15-36(41)42/h9,28-29,31-35H,6-8,10-27H2,1-5H3,(H,40,43)(H,41,42)/t29-,31+,32+,33?,34+,35+,38+,39-/m1/s1. The van der Waals surface area contributed by atoms with Gasteiger partial charge in [0.15, 0.2) is 0 Å². The molecule has 4 aliphatic carbocycles. The van der Waals surface area contributed by atoms with Crippen molar-refractivity contribution in [2.24, 2.45) is 46.3 Å². The van der Waals surface area contributed by atoms with Crippen molar-refractivity contribution in [3.05, 3.63) is 11.6 Å². The maximum atomic E-state index is 12.6. The number of ether oxygens (including phenoxy) is 5. The van der Waals surface area contributed by atoms with Crippen LogP contribution in [0.5, 0.6) is 0 Å². The summed E-state index contributed by atoms with van der Waals surface area (Å²) >= 11 is 0. The number of carbonyl (C=O) groups is 2. The van der Waals surface area contributed by atoms with E-state index in [-0.39, 0.29) is 30.6 Å². The van der Waals surface area contributed by atoms with Crippen molar-refractivity contribution in [3.8, 4) is 0 Å². The highest BCUT2D eigenvalue weighted by molar-refractivity contribution is 5.67. The molecule has 0 aromatic heterocycles. The number of carboxylic acid groups (broad SMARTS) is 1. The first-order valence-electron chi connectivity index (χ1n) is 19.2. The molecule has 9 heteroatoms. The number of carbonyl (C=O) groups excluding carboxylic acids is 1. The van der Waals surface area contributed by atoms with Crippen LogP contribution in [0.4, 0.5) is 4.79 Å². The maximum Gasteiger partial charge on any atom is 0.407 e. The van der Waals surface area contributed by atoms with Crippen LogP contribution >= 0.6 is 0 Å². The Kier molecular flexibility index (Phi) is 15.5. The lowest BCUT2D eigenvalue weighted by Crippen LogP contribution is -2.51.